The van der Waals surface area contributed by atoms with Crippen molar-refractivity contribution in [3.8, 4) is 0 Å². The number of nitrogens with zero attached hydrogens (tertiary/aromatic N) is 1. The van der Waals surface area contributed by atoms with Gasteiger partial charge in [0.2, 0.25) is 5.91 Å². The summed E-state index contributed by atoms with van der Waals surface area (Å²) in [6.45, 7) is 9.51. The topological polar surface area (TPSA) is 48.8 Å². The van der Waals surface area contributed by atoms with Crippen molar-refractivity contribution in [3.05, 3.63) is 60.2 Å². The average molecular weight is 412 g/mol. The van der Waals surface area contributed by atoms with Crippen LogP contribution in [-0.4, -0.2) is 37.2 Å². The molecule has 1 heterocycles. The van der Waals surface area contributed by atoms with Crippen molar-refractivity contribution in [1.82, 2.24) is 5.32 Å². The molecule has 2 aromatic carbocycles. The molecule has 154 valence electrons. The van der Waals surface area contributed by atoms with E-state index in [9.17, 15) is 4.79 Å². The molecular formula is C23H31N4OS+. The molecule has 0 spiro atoms. The van der Waals surface area contributed by atoms with Crippen molar-refractivity contribution in [2.45, 2.75) is 26.8 Å². The summed E-state index contributed by atoms with van der Waals surface area (Å²) < 4.78 is 0. The average Bonchev–Trinajstić information content (AvgIpc) is 2.69. The Balaban J connectivity index is 1.46. The van der Waals surface area contributed by atoms with E-state index in [1.807, 2.05) is 26.0 Å². The lowest BCUT2D eigenvalue weighted by molar-refractivity contribution is -0.914. The molecule has 0 aromatic heterocycles. The number of piperazine rings is 1. The van der Waals surface area contributed by atoms with E-state index in [1.165, 1.54) is 11.3 Å². The predicted octanol–water partition coefficient (Wildman–Crippen LogP) is 2.45. The molecule has 2 aromatic rings. The van der Waals surface area contributed by atoms with E-state index in [4.69, 9.17) is 12.2 Å². The first kappa shape index (κ1) is 21.3. The number of hydrogen-bond donors (Lipinski definition) is 3. The smallest absolute Gasteiger partial charge is 0.226 e. The third-order valence-electron chi connectivity index (χ3n) is 5.10. The van der Waals surface area contributed by atoms with E-state index < -0.39 is 0 Å². The second-order valence-electron chi connectivity index (χ2n) is 8.05. The molecule has 0 saturated carbocycles. The quantitative estimate of drug-likeness (QED) is 0.639. The second kappa shape index (κ2) is 10.4. The van der Waals surface area contributed by atoms with Gasteiger partial charge in [0, 0.05) is 23.4 Å². The number of nitrogens with one attached hydrogen (secondary N) is 3. The minimum absolute atomic E-state index is 0.0509. The number of benzene rings is 2. The Morgan fingerprint density at radius 3 is 2.34 bits per heavy atom. The van der Waals surface area contributed by atoms with Crippen LogP contribution in [0.1, 0.15) is 25.8 Å². The maximum absolute atomic E-state index is 11.8. The summed E-state index contributed by atoms with van der Waals surface area (Å²) >= 11 is 5.23. The zero-order valence-corrected chi connectivity index (χ0v) is 18.1. The number of carbonyl (C=O) groups excluding carboxylic acids is 1. The van der Waals surface area contributed by atoms with E-state index in [2.05, 4.69) is 58.0 Å². The molecule has 3 rings (SSSR count). The first-order valence-electron chi connectivity index (χ1n) is 10.3. The van der Waals surface area contributed by atoms with Crippen LogP contribution in [0.4, 0.5) is 11.4 Å². The van der Waals surface area contributed by atoms with Gasteiger partial charge in [-0.25, -0.2) is 0 Å². The van der Waals surface area contributed by atoms with Crippen LogP contribution >= 0.6 is 12.2 Å². The molecule has 5 nitrogen and oxygen atoms in total. The number of carbonyl (C=O) groups is 1. The van der Waals surface area contributed by atoms with Gasteiger partial charge in [-0.05, 0) is 42.4 Å². The summed E-state index contributed by atoms with van der Waals surface area (Å²) in [5.41, 5.74) is 3.52. The summed E-state index contributed by atoms with van der Waals surface area (Å²) in [6.07, 6.45) is 0.471. The van der Waals surface area contributed by atoms with Crippen molar-refractivity contribution in [3.63, 3.8) is 0 Å². The van der Waals surface area contributed by atoms with Gasteiger partial charge in [-0.2, -0.15) is 0 Å². The Morgan fingerprint density at radius 1 is 1.07 bits per heavy atom. The Morgan fingerprint density at radius 2 is 1.72 bits per heavy atom. The van der Waals surface area contributed by atoms with Crippen molar-refractivity contribution < 1.29 is 9.69 Å². The fourth-order valence-corrected chi connectivity index (χ4v) is 3.84. The number of hydrogen-bond acceptors (Lipinski definition) is 3. The summed E-state index contributed by atoms with van der Waals surface area (Å²) in [6, 6.07) is 19.0. The fourth-order valence-electron chi connectivity index (χ4n) is 3.61. The highest BCUT2D eigenvalue weighted by atomic mass is 32.1. The van der Waals surface area contributed by atoms with Gasteiger partial charge in [0.15, 0.2) is 5.11 Å². The van der Waals surface area contributed by atoms with Crippen LogP contribution in [0.3, 0.4) is 0 Å². The highest BCUT2D eigenvalue weighted by molar-refractivity contribution is 7.80. The Kier molecular flexibility index (Phi) is 7.61. The Labute approximate surface area is 179 Å². The lowest BCUT2D eigenvalue weighted by Gasteiger charge is -2.33. The lowest BCUT2D eigenvalue weighted by Crippen LogP contribution is -3.13. The minimum Gasteiger partial charge on any atom is -0.360 e. The van der Waals surface area contributed by atoms with Crippen molar-refractivity contribution in [2.75, 3.05) is 36.4 Å². The number of quaternary nitrogens is 1. The van der Waals surface area contributed by atoms with Crippen molar-refractivity contribution in [1.29, 1.82) is 0 Å². The molecule has 1 saturated heterocycles. The van der Waals surface area contributed by atoms with Gasteiger partial charge < -0.3 is 20.4 Å². The summed E-state index contributed by atoms with van der Waals surface area (Å²) in [5.74, 6) is 0.261. The molecular weight excluding hydrogens is 380 g/mol. The van der Waals surface area contributed by atoms with E-state index >= 15 is 0 Å². The monoisotopic (exact) mass is 411 g/mol. The number of anilines is 2. The van der Waals surface area contributed by atoms with E-state index in [0.29, 0.717) is 17.5 Å². The molecule has 0 atom stereocenters. The molecule has 1 aliphatic heterocycles. The molecule has 0 radical (unpaired) electrons. The van der Waals surface area contributed by atoms with Gasteiger partial charge in [-0.1, -0.05) is 44.2 Å². The normalized spacial score (nSPS) is 14.7. The molecule has 29 heavy (non-hydrogen) atoms. The van der Waals surface area contributed by atoms with Crippen LogP contribution in [0.15, 0.2) is 54.6 Å². The number of rotatable bonds is 6. The standard InChI is InChI=1S/C23H30N4OS/c1-18(2)16-22(28)25-23(29)24-20-8-10-21(11-9-20)27-14-12-26(13-15-27)17-19-6-4-3-5-7-19/h3-11,18H,12-17H2,1-2H3,(H2,24,25,28,29)/p+1. The van der Waals surface area contributed by atoms with Crippen LogP contribution in [0, 0.1) is 5.92 Å². The zero-order valence-electron chi connectivity index (χ0n) is 17.3. The summed E-state index contributed by atoms with van der Waals surface area (Å²) in [4.78, 5) is 15.9. The number of amides is 1. The third kappa shape index (κ3) is 6.84. The molecule has 1 aliphatic rings. The van der Waals surface area contributed by atoms with Crippen molar-refractivity contribution in [2.24, 2.45) is 5.92 Å². The molecule has 0 bridgehead atoms. The van der Waals surface area contributed by atoms with Gasteiger partial charge in [0.25, 0.3) is 0 Å². The first-order chi connectivity index (χ1) is 14.0. The van der Waals surface area contributed by atoms with E-state index in [-0.39, 0.29) is 5.91 Å². The van der Waals surface area contributed by atoms with Gasteiger partial charge >= 0.3 is 0 Å². The van der Waals surface area contributed by atoms with Crippen LogP contribution in [0.5, 0.6) is 0 Å². The highest BCUT2D eigenvalue weighted by Gasteiger charge is 2.20. The van der Waals surface area contributed by atoms with Gasteiger partial charge in [-0.15, -0.1) is 0 Å². The maximum atomic E-state index is 11.8. The summed E-state index contributed by atoms with van der Waals surface area (Å²) in [5, 5.41) is 6.17. The maximum Gasteiger partial charge on any atom is 0.226 e. The molecule has 6 heteroatoms. The van der Waals surface area contributed by atoms with E-state index in [0.717, 1.165) is 38.4 Å². The summed E-state index contributed by atoms with van der Waals surface area (Å²) in [7, 11) is 0. The van der Waals surface area contributed by atoms with Crippen LogP contribution < -0.4 is 20.4 Å². The predicted molar refractivity (Wildman–Crippen MR) is 123 cm³/mol. The molecule has 0 aliphatic carbocycles. The second-order valence-corrected chi connectivity index (χ2v) is 8.45. The minimum atomic E-state index is -0.0509. The van der Waals surface area contributed by atoms with Crippen LogP contribution in [0.2, 0.25) is 0 Å². The van der Waals surface area contributed by atoms with Crippen LogP contribution in [0.25, 0.3) is 0 Å². The Hall–Kier alpha value is -2.44. The van der Waals surface area contributed by atoms with E-state index in [1.54, 1.807) is 4.90 Å². The molecule has 1 amide bonds. The fraction of sp³-hybridized carbons (Fsp3) is 0.391. The first-order valence-corrected chi connectivity index (χ1v) is 10.7. The zero-order chi connectivity index (χ0) is 20.6. The van der Waals surface area contributed by atoms with Gasteiger partial charge in [0.05, 0.1) is 26.2 Å². The SMILES string of the molecule is CC(C)CC(=O)NC(=S)Nc1ccc(N2CC[NH+](Cc3ccccc3)CC2)cc1. The third-order valence-corrected chi connectivity index (χ3v) is 5.31. The molecule has 3 N–H and O–H groups in total. The van der Waals surface area contributed by atoms with Crippen molar-refractivity contribution >= 4 is 34.6 Å². The van der Waals surface area contributed by atoms with Gasteiger partial charge in [0.1, 0.15) is 6.54 Å². The number of thiocarbonyl (C=S) groups is 1. The molecule has 0 unspecified atom stereocenters. The largest absolute Gasteiger partial charge is 0.360 e. The lowest BCUT2D eigenvalue weighted by atomic mass is 10.1. The molecule has 1 fully saturated rings. The van der Waals surface area contributed by atoms with Gasteiger partial charge in [-0.3, -0.25) is 4.79 Å². The Bertz CT molecular complexity index is 799. The van der Waals surface area contributed by atoms with Crippen LogP contribution in [-0.2, 0) is 11.3 Å². The highest BCUT2D eigenvalue weighted by Crippen LogP contribution is 2.18.